The second kappa shape index (κ2) is 332. The molecule has 56 valence electrons. The summed E-state index contributed by atoms with van der Waals surface area (Å²) in [5, 5.41) is 0. The molecule has 8 heavy (non-hydrogen) atoms. The quantitative estimate of drug-likeness (QED) is 0.329. The van der Waals surface area contributed by atoms with Gasteiger partial charge in [0, 0.05) is 0 Å². The maximum absolute atomic E-state index is 0. The van der Waals surface area contributed by atoms with E-state index in [1.165, 1.54) is 0 Å². The van der Waals surface area contributed by atoms with Gasteiger partial charge in [-0.05, 0) is 0 Å². The molecule has 0 saturated carbocycles. The van der Waals surface area contributed by atoms with Gasteiger partial charge in [-0.1, -0.05) is 0 Å². The predicted octanol–water partition coefficient (Wildman–Crippen LogP) is -0.917. The van der Waals surface area contributed by atoms with Crippen LogP contribution in [-0.4, -0.2) is 46.9 Å². The first kappa shape index (κ1) is 485. The summed E-state index contributed by atoms with van der Waals surface area (Å²) in [6.45, 7) is 0. The van der Waals surface area contributed by atoms with Crippen LogP contribution >= 0.6 is 0 Å². The van der Waals surface area contributed by atoms with Gasteiger partial charge in [0.25, 0.3) is 0 Å². The molecule has 0 radical (unpaired) electrons. The molecule has 0 spiro atoms. The molecule has 0 aromatic heterocycles. The van der Waals surface area contributed by atoms with Gasteiger partial charge in [-0.25, -0.2) is 0 Å². The van der Waals surface area contributed by atoms with Gasteiger partial charge in [-0.2, -0.15) is 0 Å². The standard InChI is InChI=1S/Al.6FH.Na.4H/h;6*1H;;;;;. The molecule has 0 unspecified atom stereocenters. The van der Waals surface area contributed by atoms with Crippen molar-refractivity contribution in [3.05, 3.63) is 0 Å². The molecule has 0 atom stereocenters. The van der Waals surface area contributed by atoms with Crippen molar-refractivity contribution in [1.82, 2.24) is 0 Å². The molecule has 0 N–H and O–H groups in total. The molecule has 0 fully saturated rings. The van der Waals surface area contributed by atoms with Crippen LogP contribution in [0.3, 0.4) is 0 Å². The zero-order valence-corrected chi connectivity index (χ0v) is 2.45. The number of rotatable bonds is 0. The number of hydrogen-bond acceptors (Lipinski definition) is 0. The molecule has 8 heteroatoms. The van der Waals surface area contributed by atoms with Crippen LogP contribution in [0.25, 0.3) is 0 Å². The van der Waals surface area contributed by atoms with Crippen molar-refractivity contribution in [3.63, 3.8) is 0 Å². The van der Waals surface area contributed by atoms with Crippen molar-refractivity contribution in [1.29, 1.82) is 0 Å². The van der Waals surface area contributed by atoms with Crippen LogP contribution in [0.5, 0.6) is 0 Å². The summed E-state index contributed by atoms with van der Waals surface area (Å²) in [7, 11) is 0. The SMILES string of the molecule is F.F.F.F.F.F.[AlH3].[NaH]. The van der Waals surface area contributed by atoms with Crippen LogP contribution in [-0.2, 0) is 0 Å². The molecule has 0 aliphatic carbocycles. The van der Waals surface area contributed by atoms with Gasteiger partial charge in [0.1, 0.15) is 0 Å². The molecule has 0 rings (SSSR count). The Kier molecular flexibility index (Phi) is 20100. The monoisotopic (exact) mass is 174 g/mol. The van der Waals surface area contributed by atoms with Gasteiger partial charge in [0.15, 0.2) is 17.4 Å². The summed E-state index contributed by atoms with van der Waals surface area (Å²) in [5.74, 6) is 0. The third-order valence-corrected chi connectivity index (χ3v) is 0. The first-order valence-electron chi connectivity index (χ1n) is 0. The first-order chi connectivity index (χ1) is 0. The van der Waals surface area contributed by atoms with Crippen LogP contribution in [0.1, 0.15) is 0 Å². The van der Waals surface area contributed by atoms with E-state index >= 15 is 0 Å². The Morgan fingerprint density at radius 2 is 0.375 bits per heavy atom. The molecular formula is H10AlF6Na. The van der Waals surface area contributed by atoms with E-state index in [9.17, 15) is 0 Å². The molecule has 0 aliphatic heterocycles. The van der Waals surface area contributed by atoms with Gasteiger partial charge in [-0.15, -0.1) is 0 Å². The summed E-state index contributed by atoms with van der Waals surface area (Å²) in [4.78, 5) is 0. The van der Waals surface area contributed by atoms with E-state index in [1.807, 2.05) is 0 Å². The Balaban J connectivity index is 0. The molecule has 0 nitrogen and oxygen atoms in total. The van der Waals surface area contributed by atoms with E-state index in [1.54, 1.807) is 0 Å². The summed E-state index contributed by atoms with van der Waals surface area (Å²) < 4.78 is 0. The molecule has 0 aromatic carbocycles. The fraction of sp³-hybridized carbons (Fsp3) is 0. The van der Waals surface area contributed by atoms with Crippen molar-refractivity contribution in [2.24, 2.45) is 0 Å². The number of hydrogen-bond donors (Lipinski definition) is 0. The molecule has 0 aromatic rings. The maximum atomic E-state index is 0. The van der Waals surface area contributed by atoms with Gasteiger partial charge in [-0.3, -0.25) is 28.2 Å². The molecule has 0 amide bonds. The number of halogens is 6. The Morgan fingerprint density at radius 1 is 0.375 bits per heavy atom. The van der Waals surface area contributed by atoms with Gasteiger partial charge in [0.05, 0.1) is 0 Å². The van der Waals surface area contributed by atoms with Gasteiger partial charge >= 0.3 is 29.6 Å². The first-order valence-corrected chi connectivity index (χ1v) is 0. The average molecular weight is 174 g/mol. The molecule has 0 saturated heterocycles. The Morgan fingerprint density at radius 3 is 0.375 bits per heavy atom. The van der Waals surface area contributed by atoms with E-state index in [2.05, 4.69) is 0 Å². The summed E-state index contributed by atoms with van der Waals surface area (Å²) >= 11 is 0. The van der Waals surface area contributed by atoms with E-state index in [-0.39, 0.29) is 75.1 Å². The van der Waals surface area contributed by atoms with Crippen LogP contribution < -0.4 is 0 Å². The predicted molar refractivity (Wildman–Crippen MR) is 32.1 cm³/mol. The van der Waals surface area contributed by atoms with Crippen molar-refractivity contribution >= 4 is 46.9 Å². The Labute approximate surface area is 75.0 Å². The normalized spacial score (nSPS) is 0. The molecule has 0 bridgehead atoms. The second-order valence-electron chi connectivity index (χ2n) is 0. The third kappa shape index (κ3) is 215. The van der Waals surface area contributed by atoms with Crippen molar-refractivity contribution in [2.45, 2.75) is 0 Å². The average Bonchev–Trinajstić information content (AvgIpc) is 0. The van der Waals surface area contributed by atoms with Crippen LogP contribution in [0.2, 0.25) is 0 Å². The van der Waals surface area contributed by atoms with E-state index in [0.717, 1.165) is 0 Å². The van der Waals surface area contributed by atoms with Crippen molar-refractivity contribution in [2.75, 3.05) is 0 Å². The Hall–Kier alpha value is 1.11. The topological polar surface area (TPSA) is 0 Å². The second-order valence-corrected chi connectivity index (χ2v) is 0. The summed E-state index contributed by atoms with van der Waals surface area (Å²) in [5.41, 5.74) is 0. The van der Waals surface area contributed by atoms with Crippen LogP contribution in [0, 0.1) is 0 Å². The third-order valence-electron chi connectivity index (χ3n) is 0. The molecule has 0 aliphatic rings. The zero-order chi connectivity index (χ0) is 0. The fourth-order valence-electron chi connectivity index (χ4n) is 0. The van der Waals surface area contributed by atoms with Crippen LogP contribution in [0.4, 0.5) is 28.2 Å². The van der Waals surface area contributed by atoms with Crippen molar-refractivity contribution < 1.29 is 28.2 Å². The van der Waals surface area contributed by atoms with Gasteiger partial charge in [0.2, 0.25) is 0 Å². The molecule has 0 heterocycles. The Bertz CT molecular complexity index is 8.49. The summed E-state index contributed by atoms with van der Waals surface area (Å²) in [6.07, 6.45) is 0. The van der Waals surface area contributed by atoms with E-state index < -0.39 is 0 Å². The van der Waals surface area contributed by atoms with Crippen molar-refractivity contribution in [3.8, 4) is 0 Å². The van der Waals surface area contributed by atoms with Gasteiger partial charge < -0.3 is 0 Å². The minimum absolute atomic E-state index is 0. The van der Waals surface area contributed by atoms with Crippen LogP contribution in [0.15, 0.2) is 0 Å². The summed E-state index contributed by atoms with van der Waals surface area (Å²) in [6, 6.07) is 0. The van der Waals surface area contributed by atoms with E-state index in [4.69, 9.17) is 0 Å². The fourth-order valence-corrected chi connectivity index (χ4v) is 0. The minimum atomic E-state index is 0. The zero-order valence-electron chi connectivity index (χ0n) is 2.45. The molecular weight excluding hydrogens is 164 g/mol. The van der Waals surface area contributed by atoms with E-state index in [0.29, 0.717) is 0 Å².